The summed E-state index contributed by atoms with van der Waals surface area (Å²) in [5.74, 6) is -3.04. The molecule has 0 unspecified atom stereocenters. The van der Waals surface area contributed by atoms with Crippen molar-refractivity contribution in [3.63, 3.8) is 0 Å². The van der Waals surface area contributed by atoms with Crippen LogP contribution in [0.4, 0.5) is 0 Å². The van der Waals surface area contributed by atoms with Gasteiger partial charge in [-0.25, -0.2) is 18.2 Å². The van der Waals surface area contributed by atoms with Crippen LogP contribution in [0.5, 0.6) is 0 Å². The largest absolute Gasteiger partial charge is 0.460 e. The average Bonchev–Trinajstić information content (AvgIpc) is 3.54. The number of carbonyl (C=O) groups is 4. The van der Waals surface area contributed by atoms with Crippen molar-refractivity contribution in [2.24, 2.45) is 11.8 Å². The van der Waals surface area contributed by atoms with Crippen LogP contribution in [-0.4, -0.2) is 89.8 Å². The van der Waals surface area contributed by atoms with Crippen LogP contribution in [0.15, 0.2) is 46.6 Å². The lowest BCUT2D eigenvalue weighted by Crippen LogP contribution is -2.49. The van der Waals surface area contributed by atoms with Gasteiger partial charge in [0.2, 0.25) is 11.8 Å². The summed E-state index contributed by atoms with van der Waals surface area (Å²) in [6.07, 6.45) is 7.64. The Kier molecular flexibility index (Phi) is 11.0. The number of nitrogens with zero attached hydrogens (tertiary/aromatic N) is 2. The Morgan fingerprint density at radius 1 is 1.17 bits per heavy atom. The maximum atomic E-state index is 13.6. The minimum atomic E-state index is -3.76. The lowest BCUT2D eigenvalue weighted by Gasteiger charge is -2.30. The molecular formula is C29H39N3O9S. The summed E-state index contributed by atoms with van der Waals surface area (Å²) < 4.78 is 36.4. The van der Waals surface area contributed by atoms with Crippen molar-refractivity contribution in [3.05, 3.63) is 53.8 Å². The van der Waals surface area contributed by atoms with Gasteiger partial charge in [0.1, 0.15) is 24.2 Å². The number of fused-ring (bicyclic) bond motifs is 3. The normalized spacial score (nSPS) is 30.2. The quantitative estimate of drug-likeness (QED) is 0.471. The number of rotatable bonds is 2. The number of allylic oxidation sites excluding steroid dienone is 2. The van der Waals surface area contributed by atoms with Gasteiger partial charge in [0.15, 0.2) is 15.5 Å². The van der Waals surface area contributed by atoms with Crippen LogP contribution >= 0.6 is 0 Å². The number of esters is 1. The summed E-state index contributed by atoms with van der Waals surface area (Å²) in [4.78, 5) is 57.1. The second-order valence-electron chi connectivity index (χ2n) is 11.1. The van der Waals surface area contributed by atoms with E-state index in [1.807, 2.05) is 13.8 Å². The molecule has 13 heteroatoms. The third-order valence-electron chi connectivity index (χ3n) is 7.16. The van der Waals surface area contributed by atoms with Crippen LogP contribution in [-0.2, 0) is 35.4 Å². The van der Waals surface area contributed by atoms with Gasteiger partial charge in [-0.2, -0.15) is 0 Å². The second-order valence-corrected chi connectivity index (χ2v) is 13.4. The lowest BCUT2D eigenvalue weighted by atomic mass is 9.94. The molecule has 2 amide bonds. The first-order valence-electron chi connectivity index (χ1n) is 13.8. The fraction of sp³-hybridized carbons (Fsp3) is 0.552. The number of hydrogen-bond donors (Lipinski definition) is 2. The Balaban J connectivity index is 1.97. The average molecular weight is 606 g/mol. The van der Waals surface area contributed by atoms with Crippen molar-refractivity contribution in [2.45, 2.75) is 70.5 Å². The predicted molar refractivity (Wildman–Crippen MR) is 153 cm³/mol. The minimum absolute atomic E-state index is 0.0226. The molecule has 1 aromatic heterocycles. The summed E-state index contributed by atoms with van der Waals surface area (Å²) in [5.41, 5.74) is 0.498. The molecule has 0 aromatic carbocycles. The van der Waals surface area contributed by atoms with Crippen molar-refractivity contribution in [1.82, 2.24) is 15.2 Å². The van der Waals surface area contributed by atoms with Crippen LogP contribution in [0.1, 0.15) is 56.9 Å². The van der Waals surface area contributed by atoms with Gasteiger partial charge in [0.25, 0.3) is 5.91 Å². The Morgan fingerprint density at radius 2 is 1.88 bits per heavy atom. The molecule has 230 valence electrons. The highest BCUT2D eigenvalue weighted by atomic mass is 32.2. The molecule has 2 aliphatic rings. The van der Waals surface area contributed by atoms with Crippen molar-refractivity contribution in [2.75, 3.05) is 19.3 Å². The number of cyclic esters (lactones) is 1. The van der Waals surface area contributed by atoms with Crippen LogP contribution < -0.4 is 5.32 Å². The number of hydrogen-bond acceptors (Lipinski definition) is 10. The highest BCUT2D eigenvalue weighted by molar-refractivity contribution is 7.91. The van der Waals surface area contributed by atoms with Gasteiger partial charge in [0, 0.05) is 31.7 Å². The molecule has 1 aromatic rings. The van der Waals surface area contributed by atoms with E-state index in [2.05, 4.69) is 10.3 Å². The first-order chi connectivity index (χ1) is 19.7. The molecule has 0 spiro atoms. The number of aliphatic hydroxyl groups excluding tert-OH is 1. The summed E-state index contributed by atoms with van der Waals surface area (Å²) in [6.45, 7) is 7.35. The number of ketones is 1. The second kappa shape index (κ2) is 14.1. The van der Waals surface area contributed by atoms with E-state index >= 15 is 0 Å². The van der Waals surface area contributed by atoms with E-state index in [1.165, 1.54) is 12.2 Å². The molecule has 42 heavy (non-hydrogen) atoms. The van der Waals surface area contributed by atoms with E-state index in [0.29, 0.717) is 5.57 Å². The smallest absolute Gasteiger partial charge is 0.330 e. The van der Waals surface area contributed by atoms with Gasteiger partial charge in [-0.15, -0.1) is 0 Å². The van der Waals surface area contributed by atoms with E-state index in [0.717, 1.165) is 17.4 Å². The molecule has 12 nitrogen and oxygen atoms in total. The maximum Gasteiger partial charge on any atom is 0.330 e. The van der Waals surface area contributed by atoms with Gasteiger partial charge in [-0.1, -0.05) is 50.6 Å². The van der Waals surface area contributed by atoms with Crippen LogP contribution in [0.25, 0.3) is 0 Å². The fourth-order valence-electron chi connectivity index (χ4n) is 5.11. The first kappa shape index (κ1) is 32.9. The molecule has 5 atom stereocenters. The topological polar surface area (TPSA) is 173 Å². The Hall–Kier alpha value is -3.58. The molecule has 1 fully saturated rings. The van der Waals surface area contributed by atoms with E-state index < -0.39 is 51.1 Å². The molecule has 3 heterocycles. The number of nitrogens with one attached hydrogen (secondary N) is 1. The number of carbonyl (C=O) groups excluding carboxylic acids is 4. The molecule has 3 rings (SSSR count). The molecule has 2 bridgehead atoms. The maximum absolute atomic E-state index is 13.6. The first-order valence-corrected chi connectivity index (χ1v) is 15.8. The molecule has 1 saturated heterocycles. The molecule has 0 radical (unpaired) electrons. The minimum Gasteiger partial charge on any atom is -0.460 e. The fourth-order valence-corrected chi connectivity index (χ4v) is 6.37. The predicted octanol–water partition coefficient (Wildman–Crippen LogP) is 1.56. The number of oxazole rings is 1. The Labute approximate surface area is 245 Å². The standard InChI is InChI=1S/C29H39N3O9S/c1-17(2)27-19(4)8-9-24(35)30-11-6-7-18(3)13-20(33)14-21(34)15-25-31-22(16-40-25)28(36)32-12-10-23(42(5,38)39)26(32)29(37)41-27/h6-9,13,16-17,19-20,23,26-27,33H,10-12,14-15H2,1-5H3,(H,30,35)/b7-6+,9-8+,18-13+/t19-,20-,23-,26-,27-/m1/s1. The van der Waals surface area contributed by atoms with E-state index in [1.54, 1.807) is 32.1 Å². The zero-order valence-corrected chi connectivity index (χ0v) is 25.3. The summed E-state index contributed by atoms with van der Waals surface area (Å²) in [5, 5.41) is 11.8. The third kappa shape index (κ3) is 8.71. The zero-order valence-electron chi connectivity index (χ0n) is 24.5. The van der Waals surface area contributed by atoms with Crippen molar-refractivity contribution >= 4 is 33.4 Å². The van der Waals surface area contributed by atoms with Crippen LogP contribution in [0.3, 0.4) is 0 Å². The van der Waals surface area contributed by atoms with Gasteiger partial charge in [-0.05, 0) is 25.3 Å². The molecule has 2 N–H and O–H groups in total. The van der Waals surface area contributed by atoms with E-state index in [9.17, 15) is 32.7 Å². The van der Waals surface area contributed by atoms with Gasteiger partial charge in [-0.3, -0.25) is 14.4 Å². The summed E-state index contributed by atoms with van der Waals surface area (Å²) in [6, 6.07) is -1.42. The summed E-state index contributed by atoms with van der Waals surface area (Å²) >= 11 is 0. The highest BCUT2D eigenvalue weighted by Crippen LogP contribution is 2.29. The highest BCUT2D eigenvalue weighted by Gasteiger charge is 2.49. The lowest BCUT2D eigenvalue weighted by molar-refractivity contribution is -0.157. The van der Waals surface area contributed by atoms with Gasteiger partial charge in [0.05, 0.1) is 17.8 Å². The monoisotopic (exact) mass is 605 g/mol. The van der Waals surface area contributed by atoms with Crippen molar-refractivity contribution in [3.8, 4) is 0 Å². The number of aromatic nitrogens is 1. The number of Topliss-reactive ketones (excluding diaryl/α,β-unsaturated/α-hetero) is 1. The van der Waals surface area contributed by atoms with Crippen LogP contribution in [0, 0.1) is 11.8 Å². The van der Waals surface area contributed by atoms with E-state index in [4.69, 9.17) is 9.15 Å². The van der Waals surface area contributed by atoms with E-state index in [-0.39, 0.29) is 61.5 Å². The van der Waals surface area contributed by atoms with Crippen molar-refractivity contribution in [1.29, 1.82) is 0 Å². The molecule has 0 aliphatic carbocycles. The summed E-state index contributed by atoms with van der Waals surface area (Å²) in [7, 11) is -3.76. The number of amides is 2. The SMILES string of the molecule is CC1=C\[C@@H](O)CC(=O)Cc2nc(co2)C(=O)N2CC[C@@H](S(C)(=O)=O)[C@@H]2C(=O)O[C@H](C(C)C)[C@H](C)/C=C/C(=O)NC\C=C\1. The number of ether oxygens (including phenoxy) is 1. The molecule has 2 aliphatic heterocycles. The molecule has 0 saturated carbocycles. The van der Waals surface area contributed by atoms with Gasteiger partial charge < -0.3 is 24.5 Å². The van der Waals surface area contributed by atoms with Gasteiger partial charge >= 0.3 is 5.97 Å². The molecular weight excluding hydrogens is 566 g/mol. The zero-order chi connectivity index (χ0) is 31.2. The van der Waals surface area contributed by atoms with Crippen LogP contribution in [0.2, 0.25) is 0 Å². The number of sulfone groups is 1. The number of aliphatic hydroxyl groups is 1. The third-order valence-corrected chi connectivity index (χ3v) is 8.75. The van der Waals surface area contributed by atoms with Crippen molar-refractivity contribution < 1.29 is 41.9 Å². The Bertz CT molecular complexity index is 1380. The Morgan fingerprint density at radius 3 is 2.55 bits per heavy atom.